The Balaban J connectivity index is 1.31. The summed E-state index contributed by atoms with van der Waals surface area (Å²) in [5.41, 5.74) is 3.21. The summed E-state index contributed by atoms with van der Waals surface area (Å²) >= 11 is 0. The molecule has 0 unspecified atom stereocenters. The first-order valence-electron chi connectivity index (χ1n) is 11.4. The van der Waals surface area contributed by atoms with E-state index in [-0.39, 0.29) is 17.8 Å². The van der Waals surface area contributed by atoms with Crippen LogP contribution in [-0.4, -0.2) is 39.9 Å². The zero-order valence-corrected chi connectivity index (χ0v) is 19.0. The zero-order valence-electron chi connectivity index (χ0n) is 19.0. The van der Waals surface area contributed by atoms with Gasteiger partial charge in [0, 0.05) is 6.42 Å². The first kappa shape index (κ1) is 21.7. The van der Waals surface area contributed by atoms with Gasteiger partial charge in [-0.15, -0.1) is 5.10 Å². The van der Waals surface area contributed by atoms with Gasteiger partial charge in [-0.2, -0.15) is 0 Å². The van der Waals surface area contributed by atoms with Crippen LogP contribution in [0.4, 0.5) is 0 Å². The van der Waals surface area contributed by atoms with Gasteiger partial charge in [0.2, 0.25) is 5.82 Å². The smallest absolute Gasteiger partial charge is 0.291 e. The Labute approximate surface area is 198 Å². The fraction of sp³-hybridized carbons (Fsp3) is 0.222. The molecule has 1 N–H and O–H groups in total. The second-order valence-corrected chi connectivity index (χ2v) is 8.30. The number of nitrogens with zero attached hydrogens (tertiary/aromatic N) is 3. The molecule has 0 bridgehead atoms. The van der Waals surface area contributed by atoms with Crippen LogP contribution in [0.3, 0.4) is 0 Å². The van der Waals surface area contributed by atoms with Crippen LogP contribution in [0, 0.1) is 6.92 Å². The van der Waals surface area contributed by atoms with Crippen molar-refractivity contribution in [3.63, 3.8) is 0 Å². The summed E-state index contributed by atoms with van der Waals surface area (Å²) < 4.78 is 13.4. The van der Waals surface area contributed by atoms with E-state index in [1.165, 1.54) is 5.56 Å². The summed E-state index contributed by atoms with van der Waals surface area (Å²) in [6.45, 7) is 2.69. The van der Waals surface area contributed by atoms with Crippen molar-refractivity contribution >= 4 is 5.91 Å². The molecule has 1 atom stereocenters. The molecule has 172 valence electrons. The second-order valence-electron chi connectivity index (χ2n) is 8.30. The number of rotatable bonds is 7. The van der Waals surface area contributed by atoms with Gasteiger partial charge in [-0.1, -0.05) is 54.6 Å². The number of nitrogens with one attached hydrogen (secondary N) is 1. The Kier molecular flexibility index (Phi) is 6.25. The van der Waals surface area contributed by atoms with E-state index in [1.807, 2.05) is 73.7 Å². The molecule has 0 radical (unpaired) electrons. The Hall–Kier alpha value is -4.13. The van der Waals surface area contributed by atoms with E-state index in [2.05, 4.69) is 27.5 Å². The lowest BCUT2D eigenvalue weighted by Crippen LogP contribution is -2.41. The third-order valence-corrected chi connectivity index (χ3v) is 5.66. The van der Waals surface area contributed by atoms with Gasteiger partial charge in [-0.05, 0) is 48.7 Å². The minimum absolute atomic E-state index is 0.140. The van der Waals surface area contributed by atoms with Gasteiger partial charge in [-0.25, -0.2) is 9.67 Å². The highest BCUT2D eigenvalue weighted by atomic mass is 16.6. The highest BCUT2D eigenvalue weighted by molar-refractivity contribution is 5.90. The van der Waals surface area contributed by atoms with Crippen molar-refractivity contribution in [2.75, 3.05) is 13.2 Å². The van der Waals surface area contributed by atoms with E-state index in [9.17, 15) is 4.79 Å². The van der Waals surface area contributed by atoms with Crippen molar-refractivity contribution in [2.24, 2.45) is 0 Å². The maximum atomic E-state index is 12.9. The Bertz CT molecular complexity index is 1290. The molecule has 3 aromatic carbocycles. The summed E-state index contributed by atoms with van der Waals surface area (Å²) in [5, 5.41) is 7.45. The highest BCUT2D eigenvalue weighted by Gasteiger charge is 2.23. The van der Waals surface area contributed by atoms with Crippen LogP contribution in [0.5, 0.6) is 11.5 Å². The summed E-state index contributed by atoms with van der Waals surface area (Å²) in [7, 11) is 0. The van der Waals surface area contributed by atoms with Crippen molar-refractivity contribution in [3.05, 3.63) is 102 Å². The van der Waals surface area contributed by atoms with Gasteiger partial charge < -0.3 is 14.8 Å². The van der Waals surface area contributed by atoms with Crippen LogP contribution in [0.2, 0.25) is 0 Å². The molecule has 0 spiro atoms. The lowest BCUT2D eigenvalue weighted by Gasteiger charge is -2.26. The second kappa shape index (κ2) is 9.79. The molecule has 5 rings (SSSR count). The standard InChI is InChI=1S/C27H26N4O3/c1-19-8-7-11-21(16-19)31-25(15-14-20-9-3-2-4-10-20)29-26(30-31)27(32)28-17-22-18-33-23-12-5-6-13-24(23)34-22/h2-13,16,22H,14-15,17-18H2,1H3,(H,28,32)/t22-/m1/s1. The van der Waals surface area contributed by atoms with Crippen molar-refractivity contribution < 1.29 is 14.3 Å². The normalized spacial score (nSPS) is 14.6. The minimum atomic E-state index is -0.338. The monoisotopic (exact) mass is 454 g/mol. The number of benzene rings is 3. The Morgan fingerprint density at radius 1 is 1.00 bits per heavy atom. The number of fused-ring (bicyclic) bond motifs is 1. The lowest BCUT2D eigenvalue weighted by atomic mass is 10.1. The first-order chi connectivity index (χ1) is 16.7. The van der Waals surface area contributed by atoms with E-state index in [0.29, 0.717) is 31.1 Å². The number of para-hydroxylation sites is 2. The first-order valence-corrected chi connectivity index (χ1v) is 11.4. The van der Waals surface area contributed by atoms with Crippen LogP contribution in [0.25, 0.3) is 5.69 Å². The van der Waals surface area contributed by atoms with Crippen LogP contribution in [0.15, 0.2) is 78.9 Å². The molecule has 2 heterocycles. The van der Waals surface area contributed by atoms with E-state index in [0.717, 1.165) is 23.5 Å². The van der Waals surface area contributed by atoms with Crippen molar-refractivity contribution in [2.45, 2.75) is 25.9 Å². The minimum Gasteiger partial charge on any atom is -0.486 e. The molecule has 34 heavy (non-hydrogen) atoms. The molecular formula is C27H26N4O3. The quantitative estimate of drug-likeness (QED) is 0.458. The average Bonchev–Trinajstić information content (AvgIpc) is 3.31. The molecule has 0 fully saturated rings. The van der Waals surface area contributed by atoms with E-state index in [1.54, 1.807) is 4.68 Å². The summed E-state index contributed by atoms with van der Waals surface area (Å²) in [6, 6.07) is 25.7. The van der Waals surface area contributed by atoms with Crippen molar-refractivity contribution in [1.29, 1.82) is 0 Å². The topological polar surface area (TPSA) is 78.3 Å². The molecule has 1 aliphatic rings. The predicted octanol–water partition coefficient (Wildman–Crippen LogP) is 3.93. The Morgan fingerprint density at radius 3 is 2.62 bits per heavy atom. The zero-order chi connectivity index (χ0) is 23.3. The van der Waals surface area contributed by atoms with Crippen molar-refractivity contribution in [3.8, 4) is 17.2 Å². The van der Waals surface area contributed by atoms with E-state index < -0.39 is 0 Å². The van der Waals surface area contributed by atoms with Gasteiger partial charge in [-0.3, -0.25) is 4.79 Å². The maximum Gasteiger partial charge on any atom is 0.291 e. The SMILES string of the molecule is Cc1cccc(-n2nc(C(=O)NC[C@@H]3COc4ccccc4O3)nc2CCc2ccccc2)c1. The number of hydrogen-bond acceptors (Lipinski definition) is 5. The van der Waals surface area contributed by atoms with Crippen LogP contribution < -0.4 is 14.8 Å². The molecular weight excluding hydrogens is 428 g/mol. The van der Waals surface area contributed by atoms with E-state index >= 15 is 0 Å². The number of carbonyl (C=O) groups excluding carboxylic acids is 1. The molecule has 0 aliphatic carbocycles. The molecule has 1 aromatic heterocycles. The molecule has 1 aliphatic heterocycles. The fourth-order valence-corrected chi connectivity index (χ4v) is 3.92. The van der Waals surface area contributed by atoms with Gasteiger partial charge >= 0.3 is 0 Å². The Morgan fingerprint density at radius 2 is 1.79 bits per heavy atom. The molecule has 1 amide bonds. The highest BCUT2D eigenvalue weighted by Crippen LogP contribution is 2.30. The summed E-state index contributed by atoms with van der Waals surface area (Å²) in [4.78, 5) is 17.5. The molecule has 4 aromatic rings. The van der Waals surface area contributed by atoms with Gasteiger partial charge in [0.25, 0.3) is 5.91 Å². The number of aromatic nitrogens is 3. The van der Waals surface area contributed by atoms with Crippen LogP contribution in [0.1, 0.15) is 27.6 Å². The molecule has 7 heteroatoms. The third kappa shape index (κ3) is 4.93. The largest absolute Gasteiger partial charge is 0.486 e. The summed E-state index contributed by atoms with van der Waals surface area (Å²) in [6.07, 6.45) is 1.18. The van der Waals surface area contributed by atoms with Crippen LogP contribution in [-0.2, 0) is 12.8 Å². The number of aryl methyl sites for hydroxylation is 3. The van der Waals surface area contributed by atoms with Crippen molar-refractivity contribution in [1.82, 2.24) is 20.1 Å². The number of carbonyl (C=O) groups is 1. The number of amides is 1. The average molecular weight is 455 g/mol. The molecule has 0 saturated carbocycles. The number of hydrogen-bond donors (Lipinski definition) is 1. The summed E-state index contributed by atoms with van der Waals surface area (Å²) in [5.74, 6) is 1.94. The van der Waals surface area contributed by atoms with Crippen LogP contribution >= 0.6 is 0 Å². The van der Waals surface area contributed by atoms with E-state index in [4.69, 9.17) is 9.47 Å². The third-order valence-electron chi connectivity index (χ3n) is 5.66. The molecule has 7 nitrogen and oxygen atoms in total. The lowest BCUT2D eigenvalue weighted by molar-refractivity contribution is 0.0783. The van der Waals surface area contributed by atoms with Gasteiger partial charge in [0.1, 0.15) is 18.5 Å². The fourth-order valence-electron chi connectivity index (χ4n) is 3.92. The van der Waals surface area contributed by atoms with Gasteiger partial charge in [0.05, 0.1) is 12.2 Å². The predicted molar refractivity (Wildman–Crippen MR) is 129 cm³/mol. The molecule has 0 saturated heterocycles. The number of ether oxygens (including phenoxy) is 2. The van der Waals surface area contributed by atoms with Gasteiger partial charge in [0.15, 0.2) is 11.5 Å². The maximum absolute atomic E-state index is 12.9.